The molecule has 0 bridgehead atoms. The van der Waals surface area contributed by atoms with E-state index in [2.05, 4.69) is 43.3 Å². The molecule has 0 spiro atoms. The quantitative estimate of drug-likeness (QED) is 0.763. The molecule has 1 aliphatic carbocycles. The lowest BCUT2D eigenvalue weighted by Crippen LogP contribution is -1.84. The number of fused-ring (bicyclic) bond motifs is 1. The highest BCUT2D eigenvalue weighted by atomic mass is 16.5. The Morgan fingerprint density at radius 2 is 1.95 bits per heavy atom. The van der Waals surface area contributed by atoms with Gasteiger partial charge in [0.15, 0.2) is 0 Å². The molecule has 1 heteroatoms. The Morgan fingerprint density at radius 3 is 2.79 bits per heavy atom. The summed E-state index contributed by atoms with van der Waals surface area (Å²) in [4.78, 5) is 0. The maximum absolute atomic E-state index is 5.28. The van der Waals surface area contributed by atoms with Crippen LogP contribution in [0.1, 0.15) is 28.7 Å². The summed E-state index contributed by atoms with van der Waals surface area (Å²) in [5, 5.41) is 0. The van der Waals surface area contributed by atoms with Crippen molar-refractivity contribution in [3.8, 4) is 5.75 Å². The minimum absolute atomic E-state index is 0.913. The van der Waals surface area contributed by atoms with Crippen LogP contribution in [0, 0.1) is 6.92 Å². The molecule has 0 amide bonds. The van der Waals surface area contributed by atoms with E-state index in [4.69, 9.17) is 4.74 Å². The van der Waals surface area contributed by atoms with Gasteiger partial charge in [0.1, 0.15) is 5.75 Å². The molecule has 19 heavy (non-hydrogen) atoms. The van der Waals surface area contributed by atoms with E-state index in [1.165, 1.54) is 27.8 Å². The Kier molecular flexibility index (Phi) is 3.12. The number of hydrogen-bond donors (Lipinski definition) is 0. The van der Waals surface area contributed by atoms with Crippen LogP contribution in [-0.2, 0) is 6.42 Å². The zero-order valence-electron chi connectivity index (χ0n) is 11.4. The van der Waals surface area contributed by atoms with E-state index >= 15 is 0 Å². The van der Waals surface area contributed by atoms with Crippen LogP contribution < -0.4 is 4.74 Å². The van der Waals surface area contributed by atoms with Crippen LogP contribution in [-0.4, -0.2) is 7.11 Å². The molecule has 0 saturated heterocycles. The SMILES string of the molecule is COc1cccc(/C=C2\CCc3cc(C)ccc32)c1. The predicted octanol–water partition coefficient (Wildman–Crippen LogP) is 4.49. The number of ether oxygens (including phenoxy) is 1. The second-order valence-corrected chi connectivity index (χ2v) is 5.11. The number of allylic oxidation sites excluding steroid dienone is 1. The highest BCUT2D eigenvalue weighted by Gasteiger charge is 2.15. The van der Waals surface area contributed by atoms with Crippen molar-refractivity contribution in [1.82, 2.24) is 0 Å². The van der Waals surface area contributed by atoms with Crippen LogP contribution >= 0.6 is 0 Å². The van der Waals surface area contributed by atoms with Crippen molar-refractivity contribution in [2.24, 2.45) is 0 Å². The fourth-order valence-electron chi connectivity index (χ4n) is 2.73. The van der Waals surface area contributed by atoms with Gasteiger partial charge in [-0.2, -0.15) is 0 Å². The van der Waals surface area contributed by atoms with Gasteiger partial charge in [0, 0.05) is 0 Å². The lowest BCUT2D eigenvalue weighted by Gasteiger charge is -2.04. The highest BCUT2D eigenvalue weighted by molar-refractivity contribution is 5.85. The first kappa shape index (κ1) is 12.0. The first-order valence-electron chi connectivity index (χ1n) is 6.71. The van der Waals surface area contributed by atoms with Crippen LogP contribution in [0.3, 0.4) is 0 Å². The number of benzene rings is 2. The standard InChI is InChI=1S/C18H18O/c1-13-6-9-18-15(10-13)7-8-16(18)11-14-4-3-5-17(12-14)19-2/h3-6,9-12H,7-8H2,1-2H3/b16-11+. The summed E-state index contributed by atoms with van der Waals surface area (Å²) < 4.78 is 5.28. The number of rotatable bonds is 2. The summed E-state index contributed by atoms with van der Waals surface area (Å²) in [6, 6.07) is 15.0. The Bertz CT molecular complexity index is 638. The third kappa shape index (κ3) is 2.41. The molecule has 0 N–H and O–H groups in total. The van der Waals surface area contributed by atoms with Gasteiger partial charge in [-0.1, -0.05) is 42.0 Å². The van der Waals surface area contributed by atoms with E-state index in [-0.39, 0.29) is 0 Å². The van der Waals surface area contributed by atoms with E-state index < -0.39 is 0 Å². The molecule has 1 aliphatic rings. The van der Waals surface area contributed by atoms with E-state index in [1.54, 1.807) is 7.11 Å². The van der Waals surface area contributed by atoms with Crippen molar-refractivity contribution < 1.29 is 4.74 Å². The van der Waals surface area contributed by atoms with E-state index in [0.717, 1.165) is 18.6 Å². The van der Waals surface area contributed by atoms with Gasteiger partial charge < -0.3 is 4.74 Å². The van der Waals surface area contributed by atoms with Gasteiger partial charge in [0.25, 0.3) is 0 Å². The van der Waals surface area contributed by atoms with Crippen molar-refractivity contribution in [2.75, 3.05) is 7.11 Å². The van der Waals surface area contributed by atoms with Gasteiger partial charge >= 0.3 is 0 Å². The van der Waals surface area contributed by atoms with Gasteiger partial charge in [-0.05, 0) is 54.2 Å². The van der Waals surface area contributed by atoms with E-state index in [0.29, 0.717) is 0 Å². The number of hydrogen-bond acceptors (Lipinski definition) is 1. The Labute approximate surface area is 114 Å². The molecule has 0 radical (unpaired) electrons. The summed E-state index contributed by atoms with van der Waals surface area (Å²) in [6.45, 7) is 2.16. The maximum atomic E-state index is 5.28. The van der Waals surface area contributed by atoms with Crippen molar-refractivity contribution in [2.45, 2.75) is 19.8 Å². The fourth-order valence-corrected chi connectivity index (χ4v) is 2.73. The second-order valence-electron chi connectivity index (χ2n) is 5.11. The monoisotopic (exact) mass is 250 g/mol. The van der Waals surface area contributed by atoms with Crippen LogP contribution in [0.15, 0.2) is 42.5 Å². The minimum atomic E-state index is 0.913. The molecule has 96 valence electrons. The normalized spacial score (nSPS) is 15.6. The van der Waals surface area contributed by atoms with Crippen molar-refractivity contribution >= 4 is 11.6 Å². The topological polar surface area (TPSA) is 9.23 Å². The average molecular weight is 250 g/mol. The van der Waals surface area contributed by atoms with Gasteiger partial charge in [-0.3, -0.25) is 0 Å². The molecule has 0 atom stereocenters. The van der Waals surface area contributed by atoms with Crippen LogP contribution in [0.25, 0.3) is 11.6 Å². The third-order valence-electron chi connectivity index (χ3n) is 3.71. The molecule has 0 saturated carbocycles. The number of aryl methyl sites for hydroxylation is 2. The summed E-state index contributed by atoms with van der Waals surface area (Å²) in [5.41, 5.74) is 6.88. The lowest BCUT2D eigenvalue weighted by atomic mass is 10.0. The summed E-state index contributed by atoms with van der Waals surface area (Å²) in [6.07, 6.45) is 4.58. The Hall–Kier alpha value is -2.02. The second kappa shape index (κ2) is 4.93. The number of methoxy groups -OCH3 is 1. The van der Waals surface area contributed by atoms with Crippen molar-refractivity contribution in [3.05, 3.63) is 64.7 Å². The molecular formula is C18H18O. The van der Waals surface area contributed by atoms with Crippen LogP contribution in [0.2, 0.25) is 0 Å². The van der Waals surface area contributed by atoms with Gasteiger partial charge in [-0.25, -0.2) is 0 Å². The first-order valence-corrected chi connectivity index (χ1v) is 6.71. The predicted molar refractivity (Wildman–Crippen MR) is 80.4 cm³/mol. The van der Waals surface area contributed by atoms with Crippen LogP contribution in [0.5, 0.6) is 5.75 Å². The zero-order valence-corrected chi connectivity index (χ0v) is 11.4. The molecule has 0 heterocycles. The molecule has 2 aromatic carbocycles. The Morgan fingerprint density at radius 1 is 1.05 bits per heavy atom. The summed E-state index contributed by atoms with van der Waals surface area (Å²) >= 11 is 0. The maximum Gasteiger partial charge on any atom is 0.119 e. The fraction of sp³-hybridized carbons (Fsp3) is 0.222. The molecule has 0 unspecified atom stereocenters. The van der Waals surface area contributed by atoms with Crippen LogP contribution in [0.4, 0.5) is 0 Å². The molecular weight excluding hydrogens is 232 g/mol. The molecule has 0 fully saturated rings. The van der Waals surface area contributed by atoms with Crippen molar-refractivity contribution in [3.63, 3.8) is 0 Å². The van der Waals surface area contributed by atoms with Crippen molar-refractivity contribution in [1.29, 1.82) is 0 Å². The smallest absolute Gasteiger partial charge is 0.119 e. The zero-order chi connectivity index (χ0) is 13.2. The summed E-state index contributed by atoms with van der Waals surface area (Å²) in [5.74, 6) is 0.913. The molecule has 2 aromatic rings. The molecule has 0 aliphatic heterocycles. The molecule has 0 aromatic heterocycles. The van der Waals surface area contributed by atoms with Gasteiger partial charge in [-0.15, -0.1) is 0 Å². The highest BCUT2D eigenvalue weighted by Crippen LogP contribution is 2.34. The van der Waals surface area contributed by atoms with E-state index in [9.17, 15) is 0 Å². The third-order valence-corrected chi connectivity index (χ3v) is 3.71. The molecule has 1 nitrogen and oxygen atoms in total. The Balaban J connectivity index is 1.98. The summed E-state index contributed by atoms with van der Waals surface area (Å²) in [7, 11) is 1.71. The van der Waals surface area contributed by atoms with Gasteiger partial charge in [0.2, 0.25) is 0 Å². The van der Waals surface area contributed by atoms with E-state index in [1.807, 2.05) is 12.1 Å². The molecule has 3 rings (SSSR count). The first-order chi connectivity index (χ1) is 9.26. The van der Waals surface area contributed by atoms with Gasteiger partial charge in [0.05, 0.1) is 7.11 Å². The largest absolute Gasteiger partial charge is 0.497 e. The minimum Gasteiger partial charge on any atom is -0.497 e. The average Bonchev–Trinajstić information content (AvgIpc) is 2.81. The lowest BCUT2D eigenvalue weighted by molar-refractivity contribution is 0.414.